The lowest BCUT2D eigenvalue weighted by molar-refractivity contribution is -0.121. The van der Waals surface area contributed by atoms with Gasteiger partial charge in [-0.1, -0.05) is 40.2 Å². The molecule has 5 nitrogen and oxygen atoms in total. The molecule has 1 aliphatic rings. The highest BCUT2D eigenvalue weighted by molar-refractivity contribution is 9.10. The molecule has 1 aliphatic heterocycles. The molecule has 0 atom stereocenters. The molecule has 0 aliphatic carbocycles. The lowest BCUT2D eigenvalue weighted by atomic mass is 10.1. The predicted molar refractivity (Wildman–Crippen MR) is 104 cm³/mol. The minimum absolute atomic E-state index is 0.0381. The predicted octanol–water partition coefficient (Wildman–Crippen LogP) is 3.18. The molecule has 4 rings (SSSR count). The Morgan fingerprint density at radius 1 is 1.15 bits per heavy atom. The molecular weight excluding hydrogens is 394 g/mol. The molecule has 0 bridgehead atoms. The number of fused-ring (bicyclic) bond motifs is 2. The molecule has 0 unspecified atom stereocenters. The van der Waals surface area contributed by atoms with Gasteiger partial charge in [0.25, 0.3) is 5.91 Å². The summed E-state index contributed by atoms with van der Waals surface area (Å²) in [5.74, 6) is -0.0252. The van der Waals surface area contributed by atoms with E-state index in [9.17, 15) is 9.59 Å². The van der Waals surface area contributed by atoms with E-state index in [0.717, 1.165) is 26.5 Å². The van der Waals surface area contributed by atoms with Gasteiger partial charge >= 0.3 is 0 Å². The SMILES string of the molecule is O=C(Cn1ccc2ccc(Br)cc21)NCCN1Cc2ccccc2C1=O. The van der Waals surface area contributed by atoms with Crippen LogP contribution in [-0.2, 0) is 17.9 Å². The van der Waals surface area contributed by atoms with Crippen molar-refractivity contribution in [1.29, 1.82) is 0 Å². The fourth-order valence-corrected chi connectivity index (χ4v) is 3.68. The van der Waals surface area contributed by atoms with Gasteiger partial charge in [-0.15, -0.1) is 0 Å². The molecule has 26 heavy (non-hydrogen) atoms. The van der Waals surface area contributed by atoms with Crippen molar-refractivity contribution < 1.29 is 9.59 Å². The third-order valence-electron chi connectivity index (χ3n) is 4.65. The molecule has 2 heterocycles. The van der Waals surface area contributed by atoms with E-state index in [1.165, 1.54) is 0 Å². The highest BCUT2D eigenvalue weighted by Gasteiger charge is 2.26. The summed E-state index contributed by atoms with van der Waals surface area (Å²) in [4.78, 5) is 26.3. The third-order valence-corrected chi connectivity index (χ3v) is 5.14. The van der Waals surface area contributed by atoms with Crippen LogP contribution in [0.25, 0.3) is 10.9 Å². The number of nitrogens with one attached hydrogen (secondary N) is 1. The second-order valence-electron chi connectivity index (χ2n) is 6.38. The van der Waals surface area contributed by atoms with Gasteiger partial charge in [0.05, 0.1) is 0 Å². The molecule has 0 saturated carbocycles. The van der Waals surface area contributed by atoms with Crippen molar-refractivity contribution >= 4 is 38.6 Å². The Morgan fingerprint density at radius 2 is 2.00 bits per heavy atom. The third kappa shape index (κ3) is 3.24. The van der Waals surface area contributed by atoms with E-state index in [-0.39, 0.29) is 18.4 Å². The smallest absolute Gasteiger partial charge is 0.254 e. The van der Waals surface area contributed by atoms with Crippen molar-refractivity contribution in [2.45, 2.75) is 13.1 Å². The minimum Gasteiger partial charge on any atom is -0.353 e. The van der Waals surface area contributed by atoms with Crippen molar-refractivity contribution in [3.8, 4) is 0 Å². The van der Waals surface area contributed by atoms with Crippen LogP contribution < -0.4 is 5.32 Å². The number of hydrogen-bond acceptors (Lipinski definition) is 2. The van der Waals surface area contributed by atoms with E-state index in [2.05, 4.69) is 21.2 Å². The average Bonchev–Trinajstić information content (AvgIpc) is 3.17. The Labute approximate surface area is 159 Å². The van der Waals surface area contributed by atoms with Crippen molar-refractivity contribution in [3.63, 3.8) is 0 Å². The van der Waals surface area contributed by atoms with Gasteiger partial charge in [-0.25, -0.2) is 0 Å². The minimum atomic E-state index is -0.0633. The van der Waals surface area contributed by atoms with Gasteiger partial charge < -0.3 is 14.8 Å². The Hall–Kier alpha value is -2.60. The summed E-state index contributed by atoms with van der Waals surface area (Å²) in [5.41, 5.74) is 2.83. The van der Waals surface area contributed by atoms with Crippen molar-refractivity contribution in [3.05, 3.63) is 70.3 Å². The Morgan fingerprint density at radius 3 is 2.85 bits per heavy atom. The van der Waals surface area contributed by atoms with E-state index in [1.807, 2.05) is 59.3 Å². The first-order valence-electron chi connectivity index (χ1n) is 8.50. The maximum absolute atomic E-state index is 12.3. The maximum Gasteiger partial charge on any atom is 0.254 e. The molecule has 6 heteroatoms. The van der Waals surface area contributed by atoms with Gasteiger partial charge in [0.2, 0.25) is 5.91 Å². The van der Waals surface area contributed by atoms with Crippen LogP contribution in [0.1, 0.15) is 15.9 Å². The highest BCUT2D eigenvalue weighted by Crippen LogP contribution is 2.22. The Balaban J connectivity index is 1.32. The first-order chi connectivity index (χ1) is 12.6. The topological polar surface area (TPSA) is 54.3 Å². The van der Waals surface area contributed by atoms with Crippen LogP contribution in [-0.4, -0.2) is 34.4 Å². The van der Waals surface area contributed by atoms with Gasteiger partial charge in [0.1, 0.15) is 6.54 Å². The summed E-state index contributed by atoms with van der Waals surface area (Å²) in [6.45, 7) is 1.83. The van der Waals surface area contributed by atoms with E-state index in [1.54, 1.807) is 4.90 Å². The number of nitrogens with zero attached hydrogens (tertiary/aromatic N) is 2. The van der Waals surface area contributed by atoms with Crippen molar-refractivity contribution in [2.24, 2.45) is 0 Å². The van der Waals surface area contributed by atoms with Crippen LogP contribution in [0, 0.1) is 0 Å². The number of halogens is 1. The van der Waals surface area contributed by atoms with E-state index < -0.39 is 0 Å². The fourth-order valence-electron chi connectivity index (χ4n) is 3.33. The van der Waals surface area contributed by atoms with Crippen LogP contribution in [0.4, 0.5) is 0 Å². The quantitative estimate of drug-likeness (QED) is 0.700. The van der Waals surface area contributed by atoms with Gasteiger partial charge in [-0.2, -0.15) is 0 Å². The highest BCUT2D eigenvalue weighted by atomic mass is 79.9. The summed E-state index contributed by atoms with van der Waals surface area (Å²) >= 11 is 3.46. The maximum atomic E-state index is 12.3. The first kappa shape index (κ1) is 16.8. The van der Waals surface area contributed by atoms with E-state index in [4.69, 9.17) is 0 Å². The molecule has 2 aromatic carbocycles. The molecule has 3 aromatic rings. The lowest BCUT2D eigenvalue weighted by Gasteiger charge is -2.16. The van der Waals surface area contributed by atoms with Crippen LogP contribution in [0.3, 0.4) is 0 Å². The molecule has 0 spiro atoms. The Kier molecular flexibility index (Phi) is 4.51. The summed E-state index contributed by atoms with van der Waals surface area (Å²) in [6.07, 6.45) is 1.91. The van der Waals surface area contributed by atoms with Gasteiger partial charge in [0, 0.05) is 41.4 Å². The molecule has 0 fully saturated rings. The molecule has 1 aromatic heterocycles. The summed E-state index contributed by atoms with van der Waals surface area (Å²) in [6, 6.07) is 15.6. The van der Waals surface area contributed by atoms with Crippen molar-refractivity contribution in [1.82, 2.24) is 14.8 Å². The zero-order valence-corrected chi connectivity index (χ0v) is 15.7. The second kappa shape index (κ2) is 6.96. The molecular formula is C20H18BrN3O2. The summed E-state index contributed by atoms with van der Waals surface area (Å²) < 4.78 is 2.91. The summed E-state index contributed by atoms with van der Waals surface area (Å²) in [7, 11) is 0. The molecule has 0 saturated heterocycles. The number of carbonyl (C=O) groups excluding carboxylic acids is 2. The number of aromatic nitrogens is 1. The summed E-state index contributed by atoms with van der Waals surface area (Å²) in [5, 5.41) is 4.01. The van der Waals surface area contributed by atoms with Gasteiger partial charge in [0.15, 0.2) is 0 Å². The van der Waals surface area contributed by atoms with Crippen molar-refractivity contribution in [2.75, 3.05) is 13.1 Å². The second-order valence-corrected chi connectivity index (χ2v) is 7.30. The van der Waals surface area contributed by atoms with Crippen LogP contribution in [0.5, 0.6) is 0 Å². The molecule has 132 valence electrons. The number of carbonyl (C=O) groups is 2. The fraction of sp³-hybridized carbons (Fsp3) is 0.200. The van der Waals surface area contributed by atoms with E-state index >= 15 is 0 Å². The average molecular weight is 412 g/mol. The largest absolute Gasteiger partial charge is 0.353 e. The molecule has 2 amide bonds. The standard InChI is InChI=1S/C20H18BrN3O2/c21-16-6-5-14-7-9-23(18(14)11-16)13-19(25)22-8-10-24-12-15-3-1-2-4-17(15)20(24)26/h1-7,9,11H,8,10,12-13H2,(H,22,25). The van der Waals surface area contributed by atoms with Gasteiger partial charge in [-0.05, 0) is 35.2 Å². The van der Waals surface area contributed by atoms with Crippen LogP contribution >= 0.6 is 15.9 Å². The monoisotopic (exact) mass is 411 g/mol. The van der Waals surface area contributed by atoms with Crippen LogP contribution in [0.15, 0.2) is 59.2 Å². The van der Waals surface area contributed by atoms with Gasteiger partial charge in [-0.3, -0.25) is 9.59 Å². The first-order valence-corrected chi connectivity index (χ1v) is 9.29. The van der Waals surface area contributed by atoms with E-state index in [0.29, 0.717) is 19.6 Å². The molecule has 1 N–H and O–H groups in total. The number of amides is 2. The lowest BCUT2D eigenvalue weighted by Crippen LogP contribution is -2.36. The Bertz CT molecular complexity index is 996. The number of benzene rings is 2. The molecule has 0 radical (unpaired) electrons. The normalized spacial score (nSPS) is 13.3. The zero-order chi connectivity index (χ0) is 18.1. The zero-order valence-electron chi connectivity index (χ0n) is 14.1. The van der Waals surface area contributed by atoms with Crippen LogP contribution in [0.2, 0.25) is 0 Å². The number of rotatable bonds is 5. The number of hydrogen-bond donors (Lipinski definition) is 1.